The molecule has 0 aliphatic carbocycles. The van der Waals surface area contributed by atoms with E-state index in [9.17, 15) is 19.8 Å². The summed E-state index contributed by atoms with van der Waals surface area (Å²) in [5.41, 5.74) is 0. The Morgan fingerprint density at radius 2 is 1.11 bits per heavy atom. The van der Waals surface area contributed by atoms with Crippen LogP contribution in [0.1, 0.15) is 52.4 Å². The Labute approximate surface area is 109 Å². The maximum absolute atomic E-state index is 10.6. The van der Waals surface area contributed by atoms with Crippen LogP contribution < -0.4 is 22.5 Å². The van der Waals surface area contributed by atoms with E-state index in [2.05, 4.69) is 0 Å². The molecule has 0 spiro atoms. The fraction of sp³-hybridized carbons (Fsp3) is 0.833. The van der Waals surface area contributed by atoms with Crippen molar-refractivity contribution in [3.63, 3.8) is 0 Å². The summed E-state index contributed by atoms with van der Waals surface area (Å²) < 4.78 is 0. The van der Waals surface area contributed by atoms with Crippen LogP contribution >= 0.6 is 0 Å². The van der Waals surface area contributed by atoms with Crippen molar-refractivity contribution in [1.29, 1.82) is 0 Å². The van der Waals surface area contributed by atoms with E-state index in [1.807, 2.05) is 13.8 Å². The second kappa shape index (κ2) is 12.3. The number of carboxylic acid groups (broad SMARTS) is 2. The zero-order valence-corrected chi connectivity index (χ0v) is 12.0. The SMILES string of the molecule is CCC(CCCCC(CC)C(=O)[O-])C(=O)[O-].[NH4+].[NH4+]. The van der Waals surface area contributed by atoms with Crippen molar-refractivity contribution in [3.05, 3.63) is 0 Å². The van der Waals surface area contributed by atoms with Gasteiger partial charge in [0.25, 0.3) is 0 Å². The fourth-order valence-corrected chi connectivity index (χ4v) is 1.76. The van der Waals surface area contributed by atoms with Gasteiger partial charge in [-0.3, -0.25) is 0 Å². The van der Waals surface area contributed by atoms with Gasteiger partial charge in [-0.25, -0.2) is 0 Å². The zero-order valence-electron chi connectivity index (χ0n) is 12.0. The second-order valence-corrected chi connectivity index (χ2v) is 4.13. The van der Waals surface area contributed by atoms with Crippen molar-refractivity contribution < 1.29 is 19.8 Å². The van der Waals surface area contributed by atoms with Crippen molar-refractivity contribution in [1.82, 2.24) is 12.3 Å². The summed E-state index contributed by atoms with van der Waals surface area (Å²) in [6.45, 7) is 3.63. The summed E-state index contributed by atoms with van der Waals surface area (Å²) in [6.07, 6.45) is 3.75. The number of unbranched alkanes of at least 4 members (excludes halogenated alkanes) is 1. The van der Waals surface area contributed by atoms with Gasteiger partial charge in [-0.15, -0.1) is 0 Å². The average molecular weight is 264 g/mol. The van der Waals surface area contributed by atoms with Gasteiger partial charge in [0.15, 0.2) is 0 Å². The molecule has 2 unspecified atom stereocenters. The predicted octanol–water partition coefficient (Wildman–Crippen LogP) is 0.851. The molecule has 0 aliphatic heterocycles. The van der Waals surface area contributed by atoms with Gasteiger partial charge in [0.1, 0.15) is 0 Å². The summed E-state index contributed by atoms with van der Waals surface area (Å²) in [7, 11) is 0. The van der Waals surface area contributed by atoms with Gasteiger partial charge >= 0.3 is 0 Å². The standard InChI is InChI=1S/C12H22O4.2H3N/c1-3-9(11(13)14)7-5-6-8-10(4-2)12(15)16;;/h9-10H,3-8H2,1-2H3,(H,13,14)(H,15,16);2*1H3. The maximum atomic E-state index is 10.6. The lowest BCUT2D eigenvalue weighted by Gasteiger charge is -2.18. The van der Waals surface area contributed by atoms with Crippen LogP contribution in [0.5, 0.6) is 0 Å². The summed E-state index contributed by atoms with van der Waals surface area (Å²) >= 11 is 0. The van der Waals surface area contributed by atoms with Crippen molar-refractivity contribution >= 4 is 11.9 Å². The molecule has 0 heterocycles. The number of aliphatic carboxylic acids is 2. The highest BCUT2D eigenvalue weighted by Crippen LogP contribution is 2.16. The van der Waals surface area contributed by atoms with E-state index >= 15 is 0 Å². The van der Waals surface area contributed by atoms with Gasteiger partial charge in [0.05, 0.1) is 0 Å². The first-order valence-electron chi connectivity index (χ1n) is 5.94. The Kier molecular flexibility index (Phi) is 15.1. The summed E-state index contributed by atoms with van der Waals surface area (Å²) in [5, 5.41) is 21.2. The minimum Gasteiger partial charge on any atom is -0.550 e. The van der Waals surface area contributed by atoms with Crippen LogP contribution in [0.15, 0.2) is 0 Å². The minimum absolute atomic E-state index is 0. The zero-order chi connectivity index (χ0) is 12.6. The number of carbonyl (C=O) groups excluding carboxylic acids is 2. The third-order valence-corrected chi connectivity index (χ3v) is 3.01. The van der Waals surface area contributed by atoms with Crippen molar-refractivity contribution in [2.75, 3.05) is 0 Å². The van der Waals surface area contributed by atoms with Crippen LogP contribution in [0, 0.1) is 11.8 Å². The lowest BCUT2D eigenvalue weighted by atomic mass is 9.95. The van der Waals surface area contributed by atoms with Crippen LogP contribution in [-0.2, 0) is 9.59 Å². The molecule has 0 radical (unpaired) electrons. The third-order valence-electron chi connectivity index (χ3n) is 3.01. The van der Waals surface area contributed by atoms with E-state index in [4.69, 9.17) is 0 Å². The van der Waals surface area contributed by atoms with E-state index in [-0.39, 0.29) is 12.3 Å². The molecule has 0 fully saturated rings. The number of carboxylic acids is 2. The van der Waals surface area contributed by atoms with Gasteiger partial charge in [-0.2, -0.15) is 0 Å². The Balaban J connectivity index is -0.00000112. The molecule has 2 atom stereocenters. The predicted molar refractivity (Wildman–Crippen MR) is 68.0 cm³/mol. The smallest absolute Gasteiger partial charge is 0.0445 e. The largest absolute Gasteiger partial charge is 0.550 e. The van der Waals surface area contributed by atoms with Crippen molar-refractivity contribution in [2.45, 2.75) is 52.4 Å². The normalized spacial score (nSPS) is 12.8. The maximum Gasteiger partial charge on any atom is 0.0445 e. The highest BCUT2D eigenvalue weighted by atomic mass is 16.4. The molecule has 0 aliphatic rings. The Morgan fingerprint density at radius 3 is 1.28 bits per heavy atom. The molecule has 110 valence electrons. The number of quaternary nitrogens is 2. The lowest BCUT2D eigenvalue weighted by molar-refractivity contribution is -0.313. The number of hydrogen-bond donors (Lipinski definition) is 2. The molecule has 6 heteroatoms. The minimum atomic E-state index is -1.01. The van der Waals surface area contributed by atoms with E-state index in [1.165, 1.54) is 0 Å². The average Bonchev–Trinajstić information content (AvgIpc) is 2.22. The monoisotopic (exact) mass is 264 g/mol. The third kappa shape index (κ3) is 8.95. The van der Waals surface area contributed by atoms with Crippen LogP contribution in [0.4, 0.5) is 0 Å². The molecule has 0 saturated heterocycles. The molecular formula is C12H28N2O4. The Morgan fingerprint density at radius 1 is 0.833 bits per heavy atom. The van der Waals surface area contributed by atoms with E-state index in [1.54, 1.807) is 0 Å². The van der Waals surface area contributed by atoms with Gasteiger partial charge < -0.3 is 32.1 Å². The molecule has 0 aromatic heterocycles. The fourth-order valence-electron chi connectivity index (χ4n) is 1.76. The molecule has 8 N–H and O–H groups in total. The van der Waals surface area contributed by atoms with Gasteiger partial charge in [-0.05, 0) is 37.5 Å². The number of rotatable bonds is 9. The highest BCUT2D eigenvalue weighted by Gasteiger charge is 2.09. The topological polar surface area (TPSA) is 153 Å². The molecule has 6 nitrogen and oxygen atoms in total. The number of carbonyl (C=O) groups is 2. The van der Waals surface area contributed by atoms with Crippen molar-refractivity contribution in [2.24, 2.45) is 11.8 Å². The van der Waals surface area contributed by atoms with Gasteiger partial charge in [-0.1, -0.05) is 26.7 Å². The Bertz CT molecular complexity index is 210. The molecule has 0 rings (SSSR count). The highest BCUT2D eigenvalue weighted by molar-refractivity contribution is 5.67. The van der Waals surface area contributed by atoms with Crippen LogP contribution in [0.25, 0.3) is 0 Å². The summed E-state index contributed by atoms with van der Waals surface area (Å²) in [4.78, 5) is 21.2. The molecular weight excluding hydrogens is 236 g/mol. The first-order chi connectivity index (χ1) is 7.52. The van der Waals surface area contributed by atoms with Gasteiger partial charge in [0, 0.05) is 11.9 Å². The molecule has 0 bridgehead atoms. The first-order valence-corrected chi connectivity index (χ1v) is 5.94. The van der Waals surface area contributed by atoms with Crippen LogP contribution in [-0.4, -0.2) is 11.9 Å². The Hall–Kier alpha value is -1.14. The quantitative estimate of drug-likeness (QED) is 0.592. The van der Waals surface area contributed by atoms with E-state index in [0.29, 0.717) is 25.7 Å². The molecule has 0 aromatic carbocycles. The summed E-state index contributed by atoms with van der Waals surface area (Å²) in [6, 6.07) is 0. The molecule has 0 aromatic rings. The van der Waals surface area contributed by atoms with Crippen LogP contribution in [0.3, 0.4) is 0 Å². The lowest BCUT2D eigenvalue weighted by Crippen LogP contribution is -2.31. The van der Waals surface area contributed by atoms with E-state index in [0.717, 1.165) is 12.8 Å². The van der Waals surface area contributed by atoms with Crippen molar-refractivity contribution in [3.8, 4) is 0 Å². The molecule has 18 heavy (non-hydrogen) atoms. The molecule has 0 amide bonds. The summed E-state index contributed by atoms with van der Waals surface area (Å²) in [5.74, 6) is -2.81. The first kappa shape index (κ1) is 22.1. The second-order valence-electron chi connectivity index (χ2n) is 4.13. The van der Waals surface area contributed by atoms with E-state index < -0.39 is 23.8 Å². The number of hydrogen-bond acceptors (Lipinski definition) is 4. The molecule has 0 saturated carbocycles. The van der Waals surface area contributed by atoms with Crippen LogP contribution in [0.2, 0.25) is 0 Å². The van der Waals surface area contributed by atoms with Gasteiger partial charge in [0.2, 0.25) is 0 Å².